The van der Waals surface area contributed by atoms with Gasteiger partial charge in [0, 0.05) is 5.56 Å². The van der Waals surface area contributed by atoms with Crippen LogP contribution in [0, 0.1) is 17.7 Å². The molecule has 0 fully saturated rings. The molecule has 1 aromatic carbocycles. The Morgan fingerprint density at radius 2 is 1.80 bits per heavy atom. The van der Waals surface area contributed by atoms with E-state index in [1.54, 1.807) is 12.1 Å². The van der Waals surface area contributed by atoms with Crippen molar-refractivity contribution >= 4 is 14.5 Å². The minimum absolute atomic E-state index is 0.0378. The summed E-state index contributed by atoms with van der Waals surface area (Å²) in [5.74, 6) is 1.82. The minimum atomic E-state index is -0.899. The predicted molar refractivity (Wildman–Crippen MR) is 178 cm³/mol. The van der Waals surface area contributed by atoms with Crippen LogP contribution < -0.4 is 20.1 Å². The fraction of sp³-hybridized carbons (Fsp3) is 0.588. The second-order valence-electron chi connectivity index (χ2n) is 12.7. The molecule has 0 aliphatic rings. The quantitative estimate of drug-likeness (QED) is 0.0884. The van der Waals surface area contributed by atoms with Gasteiger partial charge in [0.15, 0.2) is 0 Å². The standard InChI is InChI=1S/C34H51FN5O3P/c1-10-13-25(19-22(4)18-21(2)3)42-29-20-28(41-24(6)23(5)14-12-17-36-9)37-31(38-29)32-39-33(43-40-32)34(7,8)30-26(35)15-11-16-27(30)44/h11,15-16,20,22-25,36H,2,10,12-14,17-19,44H2,1,3-9H3/t22-,23+,24+,25+/m1/s1. The van der Waals surface area contributed by atoms with Gasteiger partial charge in [0.2, 0.25) is 29.3 Å². The molecule has 3 rings (SSSR count). The summed E-state index contributed by atoms with van der Waals surface area (Å²) < 4.78 is 33.5. The zero-order chi connectivity index (χ0) is 32.4. The molecule has 0 amide bonds. The highest BCUT2D eigenvalue weighted by Crippen LogP contribution is 2.34. The maximum Gasteiger partial charge on any atom is 0.240 e. The Kier molecular flexibility index (Phi) is 13.3. The maximum absolute atomic E-state index is 14.9. The fourth-order valence-electron chi connectivity index (χ4n) is 5.49. The number of allylic oxidation sites excluding steroid dienone is 1. The second kappa shape index (κ2) is 16.4. The van der Waals surface area contributed by atoms with Crippen molar-refractivity contribution in [1.82, 2.24) is 25.4 Å². The van der Waals surface area contributed by atoms with Crippen LogP contribution in [0.25, 0.3) is 11.6 Å². The van der Waals surface area contributed by atoms with Crippen LogP contribution in [-0.4, -0.2) is 45.9 Å². The van der Waals surface area contributed by atoms with E-state index in [-0.39, 0.29) is 35.6 Å². The smallest absolute Gasteiger partial charge is 0.240 e. The summed E-state index contributed by atoms with van der Waals surface area (Å²) in [5.41, 5.74) is 0.726. The van der Waals surface area contributed by atoms with Gasteiger partial charge >= 0.3 is 0 Å². The van der Waals surface area contributed by atoms with Gasteiger partial charge in [0.05, 0.1) is 11.5 Å². The first-order chi connectivity index (χ1) is 20.8. The highest BCUT2D eigenvalue weighted by Gasteiger charge is 2.34. The van der Waals surface area contributed by atoms with Crippen molar-refractivity contribution in [1.29, 1.82) is 0 Å². The molecule has 0 saturated heterocycles. The number of nitrogens with one attached hydrogen (secondary N) is 1. The average Bonchev–Trinajstić information content (AvgIpc) is 3.44. The lowest BCUT2D eigenvalue weighted by molar-refractivity contribution is 0.139. The van der Waals surface area contributed by atoms with E-state index in [1.807, 2.05) is 27.0 Å². The lowest BCUT2D eigenvalue weighted by Crippen LogP contribution is -2.26. The zero-order valence-corrected chi connectivity index (χ0v) is 28.9. The van der Waals surface area contributed by atoms with Crippen LogP contribution >= 0.6 is 9.24 Å². The number of hydrogen-bond donors (Lipinski definition) is 1. The van der Waals surface area contributed by atoms with E-state index in [9.17, 15) is 4.39 Å². The van der Waals surface area contributed by atoms with E-state index < -0.39 is 5.41 Å². The molecule has 2 aromatic heterocycles. The van der Waals surface area contributed by atoms with Crippen molar-refractivity contribution in [2.75, 3.05) is 13.6 Å². The fourth-order valence-corrected chi connectivity index (χ4v) is 6.10. The molecule has 0 aliphatic carbocycles. The van der Waals surface area contributed by atoms with Gasteiger partial charge < -0.3 is 19.3 Å². The highest BCUT2D eigenvalue weighted by atomic mass is 31.0. The first kappa shape index (κ1) is 35.6. The van der Waals surface area contributed by atoms with E-state index in [0.717, 1.165) is 55.9 Å². The number of rotatable bonds is 18. The van der Waals surface area contributed by atoms with E-state index in [4.69, 9.17) is 19.0 Å². The van der Waals surface area contributed by atoms with E-state index in [1.165, 1.54) is 6.07 Å². The molecular weight excluding hydrogens is 576 g/mol. The monoisotopic (exact) mass is 627 g/mol. The summed E-state index contributed by atoms with van der Waals surface area (Å²) in [6, 6.07) is 6.68. The molecule has 10 heteroatoms. The molecule has 44 heavy (non-hydrogen) atoms. The van der Waals surface area contributed by atoms with Gasteiger partial charge in [-0.1, -0.05) is 50.1 Å². The summed E-state index contributed by atoms with van der Waals surface area (Å²) in [5, 5.41) is 8.13. The number of hydrogen-bond acceptors (Lipinski definition) is 8. The molecule has 8 nitrogen and oxygen atoms in total. The normalized spacial score (nSPS) is 14.6. The number of nitrogens with zero attached hydrogens (tertiary/aromatic N) is 4. The SMILES string of the molecule is C=C(C)C[C@@H](C)C[C@H](CCC)Oc1cc(O[C@@H](C)[C@@H](C)CCCNC)nc(-c2noc(C(C)(C)c3c(F)cccc3P)n2)n1. The van der Waals surface area contributed by atoms with Crippen molar-refractivity contribution in [3.05, 3.63) is 53.7 Å². The van der Waals surface area contributed by atoms with Crippen molar-refractivity contribution < 1.29 is 18.4 Å². The summed E-state index contributed by atoms with van der Waals surface area (Å²) in [4.78, 5) is 14.0. The molecule has 0 spiro atoms. The number of benzene rings is 1. The Morgan fingerprint density at radius 3 is 2.43 bits per heavy atom. The summed E-state index contributed by atoms with van der Waals surface area (Å²) >= 11 is 0. The molecule has 1 unspecified atom stereocenters. The summed E-state index contributed by atoms with van der Waals surface area (Å²) in [6.45, 7) is 19.4. The third kappa shape index (κ3) is 9.80. The molecule has 5 atom stereocenters. The third-order valence-corrected chi connectivity index (χ3v) is 8.45. The number of aromatic nitrogens is 4. The van der Waals surface area contributed by atoms with Crippen LogP contribution in [0.4, 0.5) is 4.39 Å². The summed E-state index contributed by atoms with van der Waals surface area (Å²) in [7, 11) is 4.54. The van der Waals surface area contributed by atoms with Gasteiger partial charge in [-0.3, -0.25) is 0 Å². The van der Waals surface area contributed by atoms with E-state index >= 15 is 0 Å². The molecule has 0 radical (unpaired) electrons. The van der Waals surface area contributed by atoms with Gasteiger partial charge in [0.1, 0.15) is 18.0 Å². The first-order valence-corrected chi connectivity index (χ1v) is 16.3. The lowest BCUT2D eigenvalue weighted by Gasteiger charge is -2.23. The maximum atomic E-state index is 14.9. The van der Waals surface area contributed by atoms with Gasteiger partial charge in [-0.25, -0.2) is 4.39 Å². The van der Waals surface area contributed by atoms with Crippen molar-refractivity contribution in [3.8, 4) is 23.4 Å². The molecule has 1 N–H and O–H groups in total. The predicted octanol–water partition coefficient (Wildman–Crippen LogP) is 7.43. The number of ether oxygens (including phenoxy) is 2. The Morgan fingerprint density at radius 1 is 1.09 bits per heavy atom. The molecule has 0 bridgehead atoms. The molecule has 242 valence electrons. The Balaban J connectivity index is 1.97. The highest BCUT2D eigenvalue weighted by molar-refractivity contribution is 7.27. The van der Waals surface area contributed by atoms with Crippen molar-refractivity contribution in [3.63, 3.8) is 0 Å². The molecule has 0 aliphatic heterocycles. The van der Waals surface area contributed by atoms with Crippen molar-refractivity contribution in [2.45, 2.75) is 105 Å². The third-order valence-electron chi connectivity index (χ3n) is 7.97. The van der Waals surface area contributed by atoms with Crippen LogP contribution in [0.5, 0.6) is 11.8 Å². The topological polar surface area (TPSA) is 95.2 Å². The number of halogens is 1. The Hall–Kier alpha value is -2.90. The summed E-state index contributed by atoms with van der Waals surface area (Å²) in [6.07, 6.45) is 5.61. The van der Waals surface area contributed by atoms with E-state index in [2.05, 4.69) is 70.9 Å². The van der Waals surface area contributed by atoms with Crippen molar-refractivity contribution in [2.24, 2.45) is 11.8 Å². The van der Waals surface area contributed by atoms with Crippen LogP contribution in [-0.2, 0) is 5.41 Å². The zero-order valence-electron chi connectivity index (χ0n) is 27.7. The van der Waals surface area contributed by atoms with Gasteiger partial charge in [-0.05, 0) is 96.6 Å². The van der Waals surface area contributed by atoms with Crippen LogP contribution in [0.1, 0.15) is 98.4 Å². The molecule has 0 saturated carbocycles. The Bertz CT molecular complexity index is 1340. The first-order valence-electron chi connectivity index (χ1n) is 15.8. The molecule has 2 heterocycles. The Labute approximate surface area is 265 Å². The van der Waals surface area contributed by atoms with Crippen LogP contribution in [0.3, 0.4) is 0 Å². The average molecular weight is 628 g/mol. The largest absolute Gasteiger partial charge is 0.474 e. The van der Waals surface area contributed by atoms with Gasteiger partial charge in [0.25, 0.3) is 0 Å². The van der Waals surface area contributed by atoms with Gasteiger partial charge in [-0.2, -0.15) is 15.0 Å². The minimum Gasteiger partial charge on any atom is -0.474 e. The molecule has 3 aromatic rings. The second-order valence-corrected chi connectivity index (χ2v) is 13.3. The van der Waals surface area contributed by atoms with Crippen LogP contribution in [0.2, 0.25) is 0 Å². The van der Waals surface area contributed by atoms with Gasteiger partial charge in [-0.15, -0.1) is 15.8 Å². The molecular formula is C34H51FN5O3P. The van der Waals surface area contributed by atoms with E-state index in [0.29, 0.717) is 29.2 Å². The lowest BCUT2D eigenvalue weighted by atomic mass is 9.84. The van der Waals surface area contributed by atoms with Crippen LogP contribution in [0.15, 0.2) is 40.9 Å².